The van der Waals surface area contributed by atoms with Crippen LogP contribution >= 0.6 is 15.9 Å². The van der Waals surface area contributed by atoms with Gasteiger partial charge in [-0.3, -0.25) is 9.58 Å². The van der Waals surface area contributed by atoms with Gasteiger partial charge < -0.3 is 0 Å². The summed E-state index contributed by atoms with van der Waals surface area (Å²) in [6.45, 7) is 7.56. The minimum atomic E-state index is 1.00. The number of aromatic nitrogens is 2. The largest absolute Gasteiger partial charge is 0.297 e. The Morgan fingerprint density at radius 1 is 1.44 bits per heavy atom. The van der Waals surface area contributed by atoms with Gasteiger partial charge in [0.2, 0.25) is 0 Å². The smallest absolute Gasteiger partial charge is 0.0597 e. The molecule has 0 N–H and O–H groups in total. The van der Waals surface area contributed by atoms with Crippen LogP contribution in [0.2, 0.25) is 0 Å². The first-order valence-corrected chi connectivity index (χ1v) is 7.07. The minimum Gasteiger partial charge on any atom is -0.297 e. The average molecular weight is 288 g/mol. The first-order valence-electron chi connectivity index (χ1n) is 5.95. The lowest BCUT2D eigenvalue weighted by Gasteiger charge is -2.20. The van der Waals surface area contributed by atoms with Crippen molar-refractivity contribution < 1.29 is 0 Å². The fourth-order valence-corrected chi connectivity index (χ4v) is 2.31. The summed E-state index contributed by atoms with van der Waals surface area (Å²) in [5.41, 5.74) is 2.40. The minimum absolute atomic E-state index is 1.00. The number of hydrogen-bond acceptors (Lipinski definition) is 2. The van der Waals surface area contributed by atoms with Gasteiger partial charge in [0.1, 0.15) is 0 Å². The van der Waals surface area contributed by atoms with Gasteiger partial charge in [-0.1, -0.05) is 29.3 Å². The molecule has 0 spiro atoms. The fourth-order valence-electron chi connectivity index (χ4n) is 1.81. The maximum Gasteiger partial charge on any atom is 0.0597 e. The molecule has 0 aliphatic carbocycles. The van der Waals surface area contributed by atoms with Crippen molar-refractivity contribution in [3.63, 3.8) is 0 Å². The van der Waals surface area contributed by atoms with E-state index in [0.29, 0.717) is 0 Å². The fraction of sp³-hybridized carbons (Fsp3) is 0.750. The van der Waals surface area contributed by atoms with E-state index >= 15 is 0 Å². The van der Waals surface area contributed by atoms with Crippen molar-refractivity contribution in [3.05, 3.63) is 17.5 Å². The monoisotopic (exact) mass is 287 g/mol. The highest BCUT2D eigenvalue weighted by Crippen LogP contribution is 2.07. The van der Waals surface area contributed by atoms with Crippen molar-refractivity contribution in [3.8, 4) is 0 Å². The number of rotatable bonds is 7. The Morgan fingerprint density at radius 2 is 2.19 bits per heavy atom. The molecule has 1 aromatic rings. The van der Waals surface area contributed by atoms with Gasteiger partial charge in [-0.2, -0.15) is 5.10 Å². The second kappa shape index (κ2) is 7.07. The van der Waals surface area contributed by atoms with E-state index in [0.717, 1.165) is 24.1 Å². The van der Waals surface area contributed by atoms with Crippen LogP contribution in [0.5, 0.6) is 0 Å². The zero-order chi connectivity index (χ0) is 12.0. The van der Waals surface area contributed by atoms with E-state index in [1.165, 1.54) is 25.1 Å². The van der Waals surface area contributed by atoms with E-state index in [9.17, 15) is 0 Å². The standard InChI is InChI=1S/C12H22BrN3/c1-4-5-7-16(8-6-13)10-12-9-11(2)14-15(12)3/h9H,4-8,10H2,1-3H3. The average Bonchev–Trinajstić information content (AvgIpc) is 2.54. The Kier molecular flexibility index (Phi) is 6.06. The Morgan fingerprint density at radius 3 is 2.69 bits per heavy atom. The van der Waals surface area contributed by atoms with Crippen molar-refractivity contribution in [2.75, 3.05) is 18.4 Å². The van der Waals surface area contributed by atoms with Crippen LogP contribution in [0, 0.1) is 6.92 Å². The molecule has 0 bridgehead atoms. The molecule has 4 heteroatoms. The van der Waals surface area contributed by atoms with Gasteiger partial charge in [0.25, 0.3) is 0 Å². The molecule has 3 nitrogen and oxygen atoms in total. The molecule has 16 heavy (non-hydrogen) atoms. The summed E-state index contributed by atoms with van der Waals surface area (Å²) in [6.07, 6.45) is 2.52. The molecule has 1 heterocycles. The molecular weight excluding hydrogens is 266 g/mol. The molecule has 1 rings (SSSR count). The van der Waals surface area contributed by atoms with Gasteiger partial charge in [-0.25, -0.2) is 0 Å². The van der Waals surface area contributed by atoms with Gasteiger partial charge in [0, 0.05) is 25.5 Å². The highest BCUT2D eigenvalue weighted by Gasteiger charge is 2.08. The summed E-state index contributed by atoms with van der Waals surface area (Å²) in [4.78, 5) is 2.48. The molecule has 0 amide bonds. The van der Waals surface area contributed by atoms with Gasteiger partial charge in [-0.05, 0) is 26.0 Å². The number of alkyl halides is 1. The van der Waals surface area contributed by atoms with Crippen molar-refractivity contribution in [2.45, 2.75) is 33.2 Å². The lowest BCUT2D eigenvalue weighted by atomic mass is 10.3. The predicted octanol–water partition coefficient (Wildman–Crippen LogP) is 2.73. The molecule has 0 saturated heterocycles. The van der Waals surface area contributed by atoms with Crippen molar-refractivity contribution in [1.82, 2.24) is 14.7 Å². The molecule has 0 radical (unpaired) electrons. The third kappa shape index (κ3) is 4.26. The van der Waals surface area contributed by atoms with E-state index in [1.807, 2.05) is 18.7 Å². The molecule has 0 fully saturated rings. The Bertz CT molecular complexity index is 309. The third-order valence-electron chi connectivity index (χ3n) is 2.71. The topological polar surface area (TPSA) is 21.1 Å². The lowest BCUT2D eigenvalue weighted by molar-refractivity contribution is 0.271. The summed E-state index contributed by atoms with van der Waals surface area (Å²) < 4.78 is 1.99. The molecule has 0 atom stereocenters. The summed E-state index contributed by atoms with van der Waals surface area (Å²) in [6, 6.07) is 2.17. The molecule has 0 saturated carbocycles. The van der Waals surface area contributed by atoms with Gasteiger partial charge in [0.15, 0.2) is 0 Å². The zero-order valence-electron chi connectivity index (χ0n) is 10.5. The molecule has 0 aliphatic heterocycles. The van der Waals surface area contributed by atoms with Gasteiger partial charge in [0.05, 0.1) is 11.4 Å². The SMILES string of the molecule is CCCCN(CCBr)Cc1cc(C)nn1C. The van der Waals surface area contributed by atoms with E-state index in [4.69, 9.17) is 0 Å². The Labute approximate surface area is 107 Å². The highest BCUT2D eigenvalue weighted by molar-refractivity contribution is 9.09. The first-order chi connectivity index (χ1) is 7.67. The van der Waals surface area contributed by atoms with Gasteiger partial charge >= 0.3 is 0 Å². The summed E-state index contributed by atoms with van der Waals surface area (Å²) >= 11 is 3.51. The van der Waals surface area contributed by atoms with Crippen LogP contribution in [0.4, 0.5) is 0 Å². The van der Waals surface area contributed by atoms with Crippen LogP contribution < -0.4 is 0 Å². The van der Waals surface area contributed by atoms with Crippen LogP contribution in [-0.2, 0) is 13.6 Å². The molecule has 0 aliphatic rings. The number of unbranched alkanes of at least 4 members (excludes halogenated alkanes) is 1. The second-order valence-electron chi connectivity index (χ2n) is 4.22. The van der Waals surface area contributed by atoms with E-state index in [2.05, 4.69) is 38.9 Å². The van der Waals surface area contributed by atoms with Crippen LogP contribution in [0.1, 0.15) is 31.2 Å². The molecule has 0 aromatic carbocycles. The maximum atomic E-state index is 4.38. The second-order valence-corrected chi connectivity index (χ2v) is 5.01. The Hall–Kier alpha value is -0.350. The molecular formula is C12H22BrN3. The molecule has 1 aromatic heterocycles. The molecule has 0 unspecified atom stereocenters. The van der Waals surface area contributed by atoms with Crippen LogP contribution in [-0.4, -0.2) is 33.1 Å². The van der Waals surface area contributed by atoms with Crippen molar-refractivity contribution in [2.24, 2.45) is 7.05 Å². The zero-order valence-corrected chi connectivity index (χ0v) is 12.1. The van der Waals surface area contributed by atoms with E-state index in [-0.39, 0.29) is 0 Å². The maximum absolute atomic E-state index is 4.38. The quantitative estimate of drug-likeness (QED) is 0.719. The van der Waals surface area contributed by atoms with Crippen molar-refractivity contribution >= 4 is 15.9 Å². The lowest BCUT2D eigenvalue weighted by Crippen LogP contribution is -2.27. The van der Waals surface area contributed by atoms with Gasteiger partial charge in [-0.15, -0.1) is 0 Å². The number of halogens is 1. The summed E-state index contributed by atoms with van der Waals surface area (Å²) in [5.74, 6) is 0. The Balaban J connectivity index is 2.56. The van der Waals surface area contributed by atoms with E-state index in [1.54, 1.807) is 0 Å². The predicted molar refractivity (Wildman–Crippen MR) is 71.9 cm³/mol. The van der Waals surface area contributed by atoms with Crippen molar-refractivity contribution in [1.29, 1.82) is 0 Å². The normalized spacial score (nSPS) is 11.3. The first kappa shape index (κ1) is 13.7. The third-order valence-corrected chi connectivity index (χ3v) is 3.07. The van der Waals surface area contributed by atoms with Crippen LogP contribution in [0.3, 0.4) is 0 Å². The van der Waals surface area contributed by atoms with Crippen LogP contribution in [0.25, 0.3) is 0 Å². The van der Waals surface area contributed by atoms with E-state index < -0.39 is 0 Å². The summed E-state index contributed by atoms with van der Waals surface area (Å²) in [7, 11) is 2.02. The highest BCUT2D eigenvalue weighted by atomic mass is 79.9. The number of aryl methyl sites for hydroxylation is 2. The number of hydrogen-bond donors (Lipinski definition) is 0. The number of nitrogens with zero attached hydrogens (tertiary/aromatic N) is 3. The van der Waals surface area contributed by atoms with Crippen LogP contribution in [0.15, 0.2) is 6.07 Å². The summed E-state index contributed by atoms with van der Waals surface area (Å²) in [5, 5.41) is 5.42. The molecule has 92 valence electrons.